The minimum atomic E-state index is 0.774. The van der Waals surface area contributed by atoms with Crippen LogP contribution >= 0.6 is 0 Å². The molecule has 0 saturated carbocycles. The van der Waals surface area contributed by atoms with Gasteiger partial charge in [0.25, 0.3) is 0 Å². The average molecular weight is 161 g/mol. The molecule has 2 heterocycles. The topological polar surface area (TPSA) is 25.5 Å². The summed E-state index contributed by atoms with van der Waals surface area (Å²) in [6.45, 7) is 2.89. The van der Waals surface area contributed by atoms with E-state index in [4.69, 9.17) is 4.42 Å². The second kappa shape index (κ2) is 2.97. The van der Waals surface area contributed by atoms with Crippen LogP contribution in [-0.4, -0.2) is 12.3 Å². The zero-order valence-electron chi connectivity index (χ0n) is 7.08. The summed E-state index contributed by atoms with van der Waals surface area (Å²) in [5.74, 6) is 0.946. The summed E-state index contributed by atoms with van der Waals surface area (Å²) in [7, 11) is 0. The molecule has 2 rings (SSSR count). The van der Waals surface area contributed by atoms with Crippen molar-refractivity contribution >= 4 is 11.3 Å². The van der Waals surface area contributed by atoms with E-state index in [1.165, 1.54) is 11.3 Å². The van der Waals surface area contributed by atoms with E-state index in [2.05, 4.69) is 18.0 Å². The highest BCUT2D eigenvalue weighted by molar-refractivity contribution is 6.03. The number of rotatable bonds is 2. The minimum absolute atomic E-state index is 0.774. The normalized spacial score (nSPS) is 16.1. The third-order valence-corrected chi connectivity index (χ3v) is 1.99. The summed E-state index contributed by atoms with van der Waals surface area (Å²) in [6.07, 6.45) is 4.81. The van der Waals surface area contributed by atoms with E-state index < -0.39 is 0 Å². The van der Waals surface area contributed by atoms with Crippen LogP contribution in [0.1, 0.15) is 19.1 Å². The Labute approximate surface area is 71.6 Å². The standard InChI is InChI=1S/C10H11NO/c1-2-9-6-8(7-11-9)10-4-3-5-12-10/h3-6H,2,7H2,1H3. The Balaban J connectivity index is 2.21. The molecule has 2 nitrogen and oxygen atoms in total. The maximum Gasteiger partial charge on any atom is 0.131 e. The van der Waals surface area contributed by atoms with Gasteiger partial charge in [-0.05, 0) is 24.6 Å². The lowest BCUT2D eigenvalue weighted by molar-refractivity contribution is 0.552. The van der Waals surface area contributed by atoms with Crippen LogP contribution in [0.4, 0.5) is 0 Å². The molecule has 0 bridgehead atoms. The number of aliphatic imine (C=N–C) groups is 1. The van der Waals surface area contributed by atoms with Crippen molar-refractivity contribution in [3.05, 3.63) is 30.2 Å². The van der Waals surface area contributed by atoms with Crippen LogP contribution in [0.25, 0.3) is 5.57 Å². The van der Waals surface area contributed by atoms with Gasteiger partial charge in [-0.15, -0.1) is 0 Å². The first-order valence-electron chi connectivity index (χ1n) is 4.18. The molecule has 1 aliphatic heterocycles. The van der Waals surface area contributed by atoms with Gasteiger partial charge < -0.3 is 4.42 Å². The minimum Gasteiger partial charge on any atom is -0.465 e. The van der Waals surface area contributed by atoms with Crippen LogP contribution in [0.15, 0.2) is 33.9 Å². The average Bonchev–Trinajstić information content (AvgIpc) is 2.75. The van der Waals surface area contributed by atoms with Crippen molar-refractivity contribution < 1.29 is 4.42 Å². The van der Waals surface area contributed by atoms with E-state index in [-0.39, 0.29) is 0 Å². The van der Waals surface area contributed by atoms with Crippen molar-refractivity contribution in [2.75, 3.05) is 6.54 Å². The first-order chi connectivity index (χ1) is 5.90. The van der Waals surface area contributed by atoms with Crippen molar-refractivity contribution in [2.45, 2.75) is 13.3 Å². The fourth-order valence-corrected chi connectivity index (χ4v) is 1.30. The predicted molar refractivity (Wildman–Crippen MR) is 49.3 cm³/mol. The zero-order valence-corrected chi connectivity index (χ0v) is 7.08. The van der Waals surface area contributed by atoms with Crippen LogP contribution in [0.3, 0.4) is 0 Å². The van der Waals surface area contributed by atoms with Gasteiger partial charge in [-0.2, -0.15) is 0 Å². The molecule has 0 fully saturated rings. The molecule has 0 radical (unpaired) electrons. The summed E-state index contributed by atoms with van der Waals surface area (Å²) in [4.78, 5) is 4.36. The largest absolute Gasteiger partial charge is 0.465 e. The zero-order chi connectivity index (χ0) is 8.39. The third kappa shape index (κ3) is 1.20. The smallest absolute Gasteiger partial charge is 0.131 e. The monoisotopic (exact) mass is 161 g/mol. The molecule has 12 heavy (non-hydrogen) atoms. The lowest BCUT2D eigenvalue weighted by Gasteiger charge is -1.91. The maximum absolute atomic E-state index is 5.27. The fraction of sp³-hybridized carbons (Fsp3) is 0.300. The van der Waals surface area contributed by atoms with Gasteiger partial charge in [-0.1, -0.05) is 6.92 Å². The Morgan fingerprint density at radius 3 is 3.08 bits per heavy atom. The third-order valence-electron chi connectivity index (χ3n) is 1.99. The molecule has 62 valence electrons. The van der Waals surface area contributed by atoms with Gasteiger partial charge >= 0.3 is 0 Å². The molecule has 0 unspecified atom stereocenters. The molecule has 1 aromatic rings. The van der Waals surface area contributed by atoms with Crippen molar-refractivity contribution in [2.24, 2.45) is 4.99 Å². The fourth-order valence-electron chi connectivity index (χ4n) is 1.30. The van der Waals surface area contributed by atoms with Gasteiger partial charge in [0.2, 0.25) is 0 Å². The number of hydrogen-bond acceptors (Lipinski definition) is 2. The van der Waals surface area contributed by atoms with Crippen LogP contribution < -0.4 is 0 Å². The van der Waals surface area contributed by atoms with Crippen molar-refractivity contribution in [1.82, 2.24) is 0 Å². The second-order valence-corrected chi connectivity index (χ2v) is 2.81. The Morgan fingerprint density at radius 2 is 2.50 bits per heavy atom. The Bertz CT molecular complexity index is 320. The molecular weight excluding hydrogens is 150 g/mol. The van der Waals surface area contributed by atoms with E-state index in [9.17, 15) is 0 Å². The van der Waals surface area contributed by atoms with Crippen molar-refractivity contribution in [3.63, 3.8) is 0 Å². The van der Waals surface area contributed by atoms with Gasteiger partial charge in [0.1, 0.15) is 5.76 Å². The lowest BCUT2D eigenvalue weighted by Crippen LogP contribution is -1.83. The van der Waals surface area contributed by atoms with Crippen LogP contribution in [0.5, 0.6) is 0 Å². The molecule has 0 saturated heterocycles. The van der Waals surface area contributed by atoms with Crippen molar-refractivity contribution in [3.8, 4) is 0 Å². The molecule has 0 spiro atoms. The van der Waals surface area contributed by atoms with Crippen LogP contribution in [0, 0.1) is 0 Å². The van der Waals surface area contributed by atoms with Crippen LogP contribution in [0.2, 0.25) is 0 Å². The molecular formula is C10H11NO. The van der Waals surface area contributed by atoms with Gasteiger partial charge in [-0.3, -0.25) is 4.99 Å². The van der Waals surface area contributed by atoms with E-state index in [1.54, 1.807) is 6.26 Å². The molecule has 0 N–H and O–H groups in total. The van der Waals surface area contributed by atoms with Crippen LogP contribution in [-0.2, 0) is 0 Å². The van der Waals surface area contributed by atoms with Crippen molar-refractivity contribution in [1.29, 1.82) is 0 Å². The summed E-state index contributed by atoms with van der Waals surface area (Å²) in [5.41, 5.74) is 2.36. The van der Waals surface area contributed by atoms with Gasteiger partial charge in [0, 0.05) is 11.3 Å². The van der Waals surface area contributed by atoms with E-state index >= 15 is 0 Å². The van der Waals surface area contributed by atoms with Gasteiger partial charge in [-0.25, -0.2) is 0 Å². The summed E-state index contributed by atoms with van der Waals surface area (Å²) in [5, 5.41) is 0. The predicted octanol–water partition coefficient (Wildman–Crippen LogP) is 2.53. The Kier molecular flexibility index (Phi) is 1.82. The van der Waals surface area contributed by atoms with E-state index in [1.807, 2.05) is 12.1 Å². The SMILES string of the molecule is CCC1=NCC(c2ccco2)=C1. The number of hydrogen-bond donors (Lipinski definition) is 0. The molecule has 2 heteroatoms. The number of nitrogens with zero attached hydrogens (tertiary/aromatic N) is 1. The number of allylic oxidation sites excluding steroid dienone is 1. The molecule has 0 aliphatic carbocycles. The highest BCUT2D eigenvalue weighted by Crippen LogP contribution is 2.19. The van der Waals surface area contributed by atoms with Gasteiger partial charge in [0.05, 0.1) is 12.8 Å². The number of furan rings is 1. The van der Waals surface area contributed by atoms with Gasteiger partial charge in [0.15, 0.2) is 0 Å². The molecule has 1 aliphatic rings. The first kappa shape index (κ1) is 7.35. The summed E-state index contributed by atoms with van der Waals surface area (Å²) >= 11 is 0. The Hall–Kier alpha value is -1.31. The maximum atomic E-state index is 5.27. The molecule has 0 aromatic carbocycles. The Morgan fingerprint density at radius 1 is 1.58 bits per heavy atom. The highest BCUT2D eigenvalue weighted by Gasteiger charge is 2.10. The molecule has 0 amide bonds. The quantitative estimate of drug-likeness (QED) is 0.654. The highest BCUT2D eigenvalue weighted by atomic mass is 16.3. The second-order valence-electron chi connectivity index (χ2n) is 2.81. The van der Waals surface area contributed by atoms with E-state index in [0.29, 0.717) is 0 Å². The molecule has 0 atom stereocenters. The lowest BCUT2D eigenvalue weighted by atomic mass is 10.2. The van der Waals surface area contributed by atoms with E-state index in [0.717, 1.165) is 18.7 Å². The molecule has 1 aromatic heterocycles. The first-order valence-corrected chi connectivity index (χ1v) is 4.18. The summed E-state index contributed by atoms with van der Waals surface area (Å²) in [6, 6.07) is 3.88. The summed E-state index contributed by atoms with van der Waals surface area (Å²) < 4.78 is 5.27.